The molecule has 0 aromatic heterocycles. The van der Waals surface area contributed by atoms with Crippen LogP contribution in [-0.2, 0) is 4.43 Å². The van der Waals surface area contributed by atoms with Crippen LogP contribution in [0.1, 0.15) is 40.5 Å². The van der Waals surface area contributed by atoms with E-state index in [9.17, 15) is 5.11 Å². The molecule has 0 aliphatic heterocycles. The van der Waals surface area contributed by atoms with Gasteiger partial charge in [-0.15, -0.1) is 0 Å². The van der Waals surface area contributed by atoms with E-state index in [0.717, 1.165) is 12.8 Å². The van der Waals surface area contributed by atoms with E-state index in [1.165, 1.54) is 0 Å². The van der Waals surface area contributed by atoms with E-state index in [4.69, 9.17) is 4.43 Å². The van der Waals surface area contributed by atoms with E-state index in [2.05, 4.69) is 26.9 Å². The average molecular weight is 204 g/mol. The van der Waals surface area contributed by atoms with Gasteiger partial charge in [-0.3, -0.25) is 0 Å². The number of hydrogen-bond acceptors (Lipinski definition) is 2. The molecule has 0 aromatic rings. The Hall–Kier alpha value is 0.137. The van der Waals surface area contributed by atoms with Crippen LogP contribution in [0.2, 0.25) is 13.1 Å². The molecular formula is C10H24O2Si. The zero-order valence-corrected chi connectivity index (χ0v) is 10.8. The molecule has 0 radical (unpaired) electrons. The van der Waals surface area contributed by atoms with E-state index < -0.39 is 13.5 Å². The molecule has 0 rings (SSSR count). The van der Waals surface area contributed by atoms with Gasteiger partial charge in [-0.25, -0.2) is 0 Å². The van der Waals surface area contributed by atoms with E-state index in [1.54, 1.807) is 0 Å². The maximum atomic E-state index is 10.1. The summed E-state index contributed by atoms with van der Waals surface area (Å²) in [5, 5.41) is 9.52. The molecular weight excluding hydrogens is 180 g/mol. The smallest absolute Gasteiger partial charge is 0.217 e. The Kier molecular flexibility index (Phi) is 4.62. The summed E-state index contributed by atoms with van der Waals surface area (Å²) in [6, 6.07) is 0. The van der Waals surface area contributed by atoms with Gasteiger partial charge >= 0.3 is 0 Å². The largest absolute Gasteiger partial charge is 0.412 e. The third kappa shape index (κ3) is 3.41. The van der Waals surface area contributed by atoms with Crippen LogP contribution in [0.5, 0.6) is 0 Å². The van der Waals surface area contributed by atoms with Gasteiger partial charge in [-0.2, -0.15) is 0 Å². The fraction of sp³-hybridized carbons (Fsp3) is 1.00. The van der Waals surface area contributed by atoms with Crippen LogP contribution in [-0.4, -0.2) is 24.8 Å². The Bertz CT molecular complexity index is 155. The monoisotopic (exact) mass is 204 g/mol. The van der Waals surface area contributed by atoms with Gasteiger partial charge in [0.25, 0.3) is 0 Å². The van der Waals surface area contributed by atoms with Crippen molar-refractivity contribution in [2.75, 3.05) is 0 Å². The zero-order valence-electron chi connectivity index (χ0n) is 9.85. The first kappa shape index (κ1) is 13.1. The lowest BCUT2D eigenvalue weighted by Gasteiger charge is -2.38. The fourth-order valence-corrected chi connectivity index (χ4v) is 3.42. The summed E-state index contributed by atoms with van der Waals surface area (Å²) >= 11 is 0. The van der Waals surface area contributed by atoms with Crippen molar-refractivity contribution < 1.29 is 9.53 Å². The molecule has 13 heavy (non-hydrogen) atoms. The second-order valence-corrected chi connectivity index (χ2v) is 8.81. The van der Waals surface area contributed by atoms with Crippen LogP contribution in [0, 0.1) is 0 Å². The summed E-state index contributed by atoms with van der Waals surface area (Å²) in [7, 11) is -1.96. The van der Waals surface area contributed by atoms with Crippen LogP contribution in [0.3, 0.4) is 0 Å². The fourth-order valence-electron chi connectivity index (χ4n) is 1.14. The predicted octanol–water partition coefficient (Wildman–Crippen LogP) is 2.71. The highest BCUT2D eigenvalue weighted by Crippen LogP contribution is 2.26. The molecule has 2 atom stereocenters. The van der Waals surface area contributed by atoms with Gasteiger partial charge < -0.3 is 9.53 Å². The van der Waals surface area contributed by atoms with Crippen molar-refractivity contribution in [1.82, 2.24) is 0 Å². The molecule has 0 saturated carbocycles. The molecule has 0 spiro atoms. The summed E-state index contributed by atoms with van der Waals surface area (Å²) in [5.41, 5.74) is 0. The standard InChI is InChI=1S/C10H24O2Si/c1-7-9(3)12-13(5,6)10(4,11)8-2/h9,11H,7-8H2,1-6H3. The summed E-state index contributed by atoms with van der Waals surface area (Å²) in [5.74, 6) is 0. The van der Waals surface area contributed by atoms with Crippen molar-refractivity contribution in [3.63, 3.8) is 0 Å². The lowest BCUT2D eigenvalue weighted by Crippen LogP contribution is -2.55. The normalized spacial score (nSPS) is 19.6. The van der Waals surface area contributed by atoms with Gasteiger partial charge in [0.15, 0.2) is 0 Å². The Morgan fingerprint density at radius 1 is 1.38 bits per heavy atom. The zero-order chi connectivity index (χ0) is 10.7. The topological polar surface area (TPSA) is 29.5 Å². The van der Waals surface area contributed by atoms with Gasteiger partial charge in [0.05, 0.1) is 5.22 Å². The Labute approximate surface area is 83.4 Å². The Morgan fingerprint density at radius 2 is 1.85 bits per heavy atom. The van der Waals surface area contributed by atoms with Crippen molar-refractivity contribution in [3.8, 4) is 0 Å². The number of hydrogen-bond donors (Lipinski definition) is 1. The van der Waals surface area contributed by atoms with Gasteiger partial charge in [0.1, 0.15) is 0 Å². The minimum absolute atomic E-state index is 0.264. The molecule has 2 nitrogen and oxygen atoms in total. The predicted molar refractivity (Wildman–Crippen MR) is 59.2 cm³/mol. The molecule has 80 valence electrons. The third-order valence-electron chi connectivity index (χ3n) is 3.06. The first-order valence-electron chi connectivity index (χ1n) is 5.17. The van der Waals surface area contributed by atoms with Crippen molar-refractivity contribution in [2.45, 2.75) is 65.0 Å². The third-order valence-corrected chi connectivity index (χ3v) is 7.00. The van der Waals surface area contributed by atoms with Crippen LogP contribution in [0.25, 0.3) is 0 Å². The average Bonchev–Trinajstić information content (AvgIpc) is 2.03. The quantitative estimate of drug-likeness (QED) is 0.698. The number of aliphatic hydroxyl groups is 1. The van der Waals surface area contributed by atoms with Crippen molar-refractivity contribution >= 4 is 8.32 Å². The van der Waals surface area contributed by atoms with E-state index in [1.807, 2.05) is 13.8 Å². The molecule has 0 aliphatic carbocycles. The van der Waals surface area contributed by atoms with Gasteiger partial charge in [-0.1, -0.05) is 13.8 Å². The van der Waals surface area contributed by atoms with Crippen LogP contribution in [0.15, 0.2) is 0 Å². The molecule has 0 fully saturated rings. The minimum atomic E-state index is -1.96. The summed E-state index contributed by atoms with van der Waals surface area (Å²) in [4.78, 5) is 0. The first-order valence-corrected chi connectivity index (χ1v) is 8.08. The highest BCUT2D eigenvalue weighted by Gasteiger charge is 2.42. The van der Waals surface area contributed by atoms with E-state index in [0.29, 0.717) is 0 Å². The van der Waals surface area contributed by atoms with Gasteiger partial charge in [0, 0.05) is 6.10 Å². The summed E-state index contributed by atoms with van der Waals surface area (Å²) in [6.45, 7) is 12.2. The maximum absolute atomic E-state index is 10.1. The van der Waals surface area contributed by atoms with Crippen molar-refractivity contribution in [1.29, 1.82) is 0 Å². The molecule has 3 heteroatoms. The highest BCUT2D eigenvalue weighted by atomic mass is 28.4. The second-order valence-electron chi connectivity index (χ2n) is 4.47. The highest BCUT2D eigenvalue weighted by molar-refractivity contribution is 6.74. The van der Waals surface area contributed by atoms with Crippen LogP contribution in [0.4, 0.5) is 0 Å². The van der Waals surface area contributed by atoms with Crippen LogP contribution < -0.4 is 0 Å². The molecule has 0 heterocycles. The second kappa shape index (κ2) is 4.58. The molecule has 0 saturated heterocycles. The van der Waals surface area contributed by atoms with Gasteiger partial charge in [-0.05, 0) is 39.8 Å². The minimum Gasteiger partial charge on any atom is -0.412 e. The van der Waals surface area contributed by atoms with Gasteiger partial charge in [0.2, 0.25) is 8.32 Å². The Morgan fingerprint density at radius 3 is 2.15 bits per heavy atom. The SMILES string of the molecule is CCC(C)O[Si](C)(C)C(C)(O)CC. The van der Waals surface area contributed by atoms with Crippen LogP contribution >= 0.6 is 0 Å². The summed E-state index contributed by atoms with van der Waals surface area (Å²) < 4.78 is 5.93. The summed E-state index contributed by atoms with van der Waals surface area (Å²) in [6.07, 6.45) is 2.04. The maximum Gasteiger partial charge on any atom is 0.217 e. The van der Waals surface area contributed by atoms with E-state index in [-0.39, 0.29) is 6.10 Å². The molecule has 0 amide bonds. The lowest BCUT2D eigenvalue weighted by molar-refractivity contribution is 0.0828. The molecule has 1 N–H and O–H groups in total. The lowest BCUT2D eigenvalue weighted by atomic mass is 10.3. The first-order chi connectivity index (χ1) is 5.77. The van der Waals surface area contributed by atoms with E-state index >= 15 is 0 Å². The molecule has 0 bridgehead atoms. The Balaban J connectivity index is 4.38. The van der Waals surface area contributed by atoms with Crippen molar-refractivity contribution in [2.24, 2.45) is 0 Å². The number of rotatable bonds is 5. The van der Waals surface area contributed by atoms with Crippen molar-refractivity contribution in [3.05, 3.63) is 0 Å². The molecule has 2 unspecified atom stereocenters. The molecule has 0 aromatic carbocycles. The molecule has 0 aliphatic rings.